The van der Waals surface area contributed by atoms with Crippen LogP contribution >= 0.6 is 11.6 Å². The lowest BCUT2D eigenvalue weighted by atomic mass is 9.96. The molecule has 1 aromatic carbocycles. The molecule has 2 atom stereocenters. The summed E-state index contributed by atoms with van der Waals surface area (Å²) < 4.78 is 10.9. The molecule has 0 unspecified atom stereocenters. The van der Waals surface area contributed by atoms with Gasteiger partial charge in [-0.1, -0.05) is 11.6 Å². The third-order valence-electron chi connectivity index (χ3n) is 5.32. The number of halogens is 1. The van der Waals surface area contributed by atoms with Crippen molar-refractivity contribution in [1.29, 1.82) is 0 Å². The number of nitrogens with zero attached hydrogens (tertiary/aromatic N) is 2. The smallest absolute Gasteiger partial charge is 0.309 e. The van der Waals surface area contributed by atoms with E-state index in [1.807, 2.05) is 13.8 Å². The summed E-state index contributed by atoms with van der Waals surface area (Å²) in [4.78, 5) is 40.6. The summed E-state index contributed by atoms with van der Waals surface area (Å²) >= 11 is 5.86. The summed E-state index contributed by atoms with van der Waals surface area (Å²) in [6.07, 6.45) is 0.998. The van der Waals surface area contributed by atoms with E-state index in [9.17, 15) is 14.4 Å². The number of benzene rings is 1. The van der Waals surface area contributed by atoms with E-state index in [1.54, 1.807) is 34.1 Å². The Kier molecular flexibility index (Phi) is 7.14. The van der Waals surface area contributed by atoms with Crippen LogP contribution < -0.4 is 0 Å². The third-order valence-corrected chi connectivity index (χ3v) is 5.57. The summed E-state index contributed by atoms with van der Waals surface area (Å²) in [6.45, 7) is 5.56. The SMILES string of the molecule is C[C@@H]1CN(C(=O)COC(=O)C2CCN(C(=O)c3ccc(Cl)cc3)CC2)C[C@@H](C)O1. The molecule has 3 rings (SSSR count). The molecule has 2 fully saturated rings. The zero-order valence-electron chi connectivity index (χ0n) is 16.8. The molecule has 7 nitrogen and oxygen atoms in total. The van der Waals surface area contributed by atoms with Crippen LogP contribution in [0.25, 0.3) is 0 Å². The molecule has 0 bridgehead atoms. The van der Waals surface area contributed by atoms with Crippen molar-refractivity contribution in [3.05, 3.63) is 34.9 Å². The van der Waals surface area contributed by atoms with E-state index in [0.717, 1.165) is 0 Å². The Balaban J connectivity index is 1.43. The molecule has 0 spiro atoms. The Morgan fingerprint density at radius 3 is 2.21 bits per heavy atom. The normalized spacial score (nSPS) is 23.0. The van der Waals surface area contributed by atoms with Gasteiger partial charge in [-0.3, -0.25) is 14.4 Å². The first-order valence-corrected chi connectivity index (χ1v) is 10.4. The average Bonchev–Trinajstić information content (AvgIpc) is 2.71. The van der Waals surface area contributed by atoms with Crippen molar-refractivity contribution in [3.8, 4) is 0 Å². The van der Waals surface area contributed by atoms with Crippen molar-refractivity contribution in [1.82, 2.24) is 9.80 Å². The van der Waals surface area contributed by atoms with Gasteiger partial charge in [0.15, 0.2) is 6.61 Å². The number of hydrogen-bond donors (Lipinski definition) is 0. The van der Waals surface area contributed by atoms with Crippen LogP contribution in [0.15, 0.2) is 24.3 Å². The molecule has 0 saturated carbocycles. The Bertz CT molecular complexity index is 736. The maximum Gasteiger partial charge on any atom is 0.309 e. The van der Waals surface area contributed by atoms with Gasteiger partial charge < -0.3 is 19.3 Å². The predicted molar refractivity (Wildman–Crippen MR) is 108 cm³/mol. The molecule has 158 valence electrons. The first-order valence-electron chi connectivity index (χ1n) is 9.98. The molecule has 2 aliphatic heterocycles. The molecule has 8 heteroatoms. The second-order valence-corrected chi connectivity index (χ2v) is 8.17. The van der Waals surface area contributed by atoms with Crippen molar-refractivity contribution < 1.29 is 23.9 Å². The highest BCUT2D eigenvalue weighted by Crippen LogP contribution is 2.21. The highest BCUT2D eigenvalue weighted by Gasteiger charge is 2.30. The van der Waals surface area contributed by atoms with Crippen molar-refractivity contribution in [2.75, 3.05) is 32.8 Å². The number of carbonyl (C=O) groups is 3. The second kappa shape index (κ2) is 9.59. The minimum absolute atomic E-state index is 0.0269. The number of rotatable bonds is 4. The van der Waals surface area contributed by atoms with Gasteiger partial charge >= 0.3 is 5.97 Å². The van der Waals surface area contributed by atoms with Crippen LogP contribution in [0.4, 0.5) is 0 Å². The zero-order chi connectivity index (χ0) is 21.0. The second-order valence-electron chi connectivity index (χ2n) is 7.74. The van der Waals surface area contributed by atoms with Crippen LogP contribution in [-0.4, -0.2) is 72.6 Å². The van der Waals surface area contributed by atoms with Crippen molar-refractivity contribution in [2.24, 2.45) is 5.92 Å². The molecule has 0 N–H and O–H groups in total. The van der Waals surface area contributed by atoms with Crippen LogP contribution in [0.1, 0.15) is 37.0 Å². The van der Waals surface area contributed by atoms with Crippen LogP contribution in [0.2, 0.25) is 5.02 Å². The van der Waals surface area contributed by atoms with Crippen LogP contribution in [-0.2, 0) is 19.1 Å². The third kappa shape index (κ3) is 5.70. The average molecular weight is 423 g/mol. The fourth-order valence-electron chi connectivity index (χ4n) is 3.82. The topological polar surface area (TPSA) is 76.2 Å². The minimum atomic E-state index is -0.369. The molecular weight excluding hydrogens is 396 g/mol. The van der Waals surface area contributed by atoms with Crippen molar-refractivity contribution >= 4 is 29.4 Å². The zero-order valence-corrected chi connectivity index (χ0v) is 17.6. The van der Waals surface area contributed by atoms with Crippen LogP contribution in [0.5, 0.6) is 0 Å². The summed E-state index contributed by atoms with van der Waals surface area (Å²) in [5, 5.41) is 0.582. The largest absolute Gasteiger partial charge is 0.455 e. The molecule has 1 aromatic rings. The first-order chi connectivity index (χ1) is 13.8. The maximum absolute atomic E-state index is 12.5. The van der Waals surface area contributed by atoms with Gasteiger partial charge in [-0.25, -0.2) is 0 Å². The van der Waals surface area contributed by atoms with E-state index >= 15 is 0 Å². The maximum atomic E-state index is 12.5. The number of esters is 1. The molecule has 2 amide bonds. The molecule has 0 aliphatic carbocycles. The van der Waals surface area contributed by atoms with Gasteiger partial charge in [-0.2, -0.15) is 0 Å². The monoisotopic (exact) mass is 422 g/mol. The molecule has 2 heterocycles. The lowest BCUT2D eigenvalue weighted by molar-refractivity contribution is -0.160. The standard InChI is InChI=1S/C21H27ClN2O5/c1-14-11-24(12-15(2)29-14)19(25)13-28-21(27)17-7-9-23(10-8-17)20(26)16-3-5-18(22)6-4-16/h3-6,14-15,17H,7-13H2,1-2H3/t14-,15-/m1/s1. The van der Waals surface area contributed by atoms with Crippen LogP contribution in [0, 0.1) is 5.92 Å². The summed E-state index contributed by atoms with van der Waals surface area (Å²) in [7, 11) is 0. The van der Waals surface area contributed by atoms with E-state index in [0.29, 0.717) is 49.6 Å². The summed E-state index contributed by atoms with van der Waals surface area (Å²) in [5.41, 5.74) is 0.579. The number of carbonyl (C=O) groups excluding carboxylic acids is 3. The Hall–Kier alpha value is -2.12. The van der Waals surface area contributed by atoms with Gasteiger partial charge in [-0.05, 0) is 51.0 Å². The fourth-order valence-corrected chi connectivity index (χ4v) is 3.94. The van der Waals surface area contributed by atoms with Gasteiger partial charge in [0, 0.05) is 36.8 Å². The fraction of sp³-hybridized carbons (Fsp3) is 0.571. The number of morpholine rings is 1. The van der Waals surface area contributed by atoms with E-state index < -0.39 is 0 Å². The quantitative estimate of drug-likeness (QED) is 0.696. The van der Waals surface area contributed by atoms with Gasteiger partial charge in [-0.15, -0.1) is 0 Å². The van der Waals surface area contributed by atoms with E-state index in [4.69, 9.17) is 21.1 Å². The molecule has 2 saturated heterocycles. The molecule has 0 aromatic heterocycles. The van der Waals surface area contributed by atoms with Gasteiger partial charge in [0.1, 0.15) is 0 Å². The van der Waals surface area contributed by atoms with E-state index in [-0.39, 0.29) is 42.5 Å². The van der Waals surface area contributed by atoms with E-state index in [2.05, 4.69) is 0 Å². The highest BCUT2D eigenvalue weighted by atomic mass is 35.5. The summed E-state index contributed by atoms with van der Waals surface area (Å²) in [6, 6.07) is 6.77. The van der Waals surface area contributed by atoms with Crippen molar-refractivity contribution in [3.63, 3.8) is 0 Å². The lowest BCUT2D eigenvalue weighted by Crippen LogP contribution is -2.49. The van der Waals surface area contributed by atoms with Gasteiger partial charge in [0.05, 0.1) is 18.1 Å². The molecule has 29 heavy (non-hydrogen) atoms. The number of hydrogen-bond acceptors (Lipinski definition) is 5. The van der Waals surface area contributed by atoms with E-state index in [1.165, 1.54) is 0 Å². The number of ether oxygens (including phenoxy) is 2. The highest BCUT2D eigenvalue weighted by molar-refractivity contribution is 6.30. The number of likely N-dealkylation sites (tertiary alicyclic amines) is 1. The summed E-state index contributed by atoms with van der Waals surface area (Å²) in [5.74, 6) is -0.930. The number of amides is 2. The molecule has 2 aliphatic rings. The van der Waals surface area contributed by atoms with Gasteiger partial charge in [0.25, 0.3) is 11.8 Å². The molecular formula is C21H27ClN2O5. The Morgan fingerprint density at radius 1 is 1.03 bits per heavy atom. The van der Waals surface area contributed by atoms with Crippen LogP contribution in [0.3, 0.4) is 0 Å². The van der Waals surface area contributed by atoms with Gasteiger partial charge in [0.2, 0.25) is 0 Å². The van der Waals surface area contributed by atoms with Crippen molar-refractivity contribution in [2.45, 2.75) is 38.9 Å². The minimum Gasteiger partial charge on any atom is -0.455 e. The Labute approximate surface area is 175 Å². The number of piperidine rings is 1. The first kappa shape index (κ1) is 21.6. The molecule has 0 radical (unpaired) electrons. The predicted octanol–water partition coefficient (Wildman–Crippen LogP) is 2.37. The Morgan fingerprint density at radius 2 is 1.62 bits per heavy atom. The lowest BCUT2D eigenvalue weighted by Gasteiger charge is -2.35.